The van der Waals surface area contributed by atoms with E-state index in [1.165, 1.54) is 30.8 Å². The van der Waals surface area contributed by atoms with Gasteiger partial charge < -0.3 is 37.0 Å². The number of aliphatic hydroxyl groups is 1. The SMILES string of the molecule is CSCCC(NC(=O)C(Cc1ccc(O)cc1)NC(=O)C(NC(=O)C(N)CC(C)C)C(C)O)C(=O)O. The number of thioether (sulfide) groups is 1. The number of carboxylic acid groups (broad SMARTS) is 1. The zero-order chi connectivity index (χ0) is 27.4. The molecule has 1 aromatic rings. The molecule has 0 saturated carbocycles. The first kappa shape index (κ1) is 31.2. The number of benzene rings is 1. The Kier molecular flexibility index (Phi) is 13.3. The Bertz CT molecular complexity index is 880. The molecule has 0 fully saturated rings. The molecular weight excluding hydrogens is 488 g/mol. The van der Waals surface area contributed by atoms with Gasteiger partial charge in [0.2, 0.25) is 17.7 Å². The van der Waals surface area contributed by atoms with Crippen molar-refractivity contribution in [2.75, 3.05) is 12.0 Å². The van der Waals surface area contributed by atoms with Gasteiger partial charge in [-0.3, -0.25) is 14.4 Å². The molecule has 202 valence electrons. The van der Waals surface area contributed by atoms with Crippen LogP contribution >= 0.6 is 11.8 Å². The van der Waals surface area contributed by atoms with Gasteiger partial charge in [-0.05, 0) is 55.4 Å². The van der Waals surface area contributed by atoms with Crippen LogP contribution in [0.4, 0.5) is 0 Å². The summed E-state index contributed by atoms with van der Waals surface area (Å²) in [5.74, 6) is -2.74. The van der Waals surface area contributed by atoms with Crippen LogP contribution in [0.3, 0.4) is 0 Å². The smallest absolute Gasteiger partial charge is 0.326 e. The number of aliphatic carboxylic acids is 1. The third kappa shape index (κ3) is 10.8. The largest absolute Gasteiger partial charge is 0.508 e. The van der Waals surface area contributed by atoms with E-state index in [9.17, 15) is 34.5 Å². The summed E-state index contributed by atoms with van der Waals surface area (Å²) in [6.45, 7) is 5.10. The molecule has 0 aliphatic heterocycles. The minimum absolute atomic E-state index is 0.0152. The molecule has 5 unspecified atom stereocenters. The molecule has 3 amide bonds. The topological polar surface area (TPSA) is 191 Å². The number of amides is 3. The van der Waals surface area contributed by atoms with Gasteiger partial charge in [0.05, 0.1) is 12.1 Å². The van der Waals surface area contributed by atoms with Crippen molar-refractivity contribution in [3.05, 3.63) is 29.8 Å². The minimum Gasteiger partial charge on any atom is -0.508 e. The van der Waals surface area contributed by atoms with Crippen molar-refractivity contribution in [1.82, 2.24) is 16.0 Å². The normalized spacial score (nSPS) is 15.3. The van der Waals surface area contributed by atoms with Crippen LogP contribution in [0.2, 0.25) is 0 Å². The van der Waals surface area contributed by atoms with E-state index in [-0.39, 0.29) is 24.5 Å². The molecule has 0 spiro atoms. The molecule has 1 aromatic carbocycles. The van der Waals surface area contributed by atoms with Crippen LogP contribution in [0.25, 0.3) is 0 Å². The van der Waals surface area contributed by atoms with Gasteiger partial charge in [0, 0.05) is 6.42 Å². The van der Waals surface area contributed by atoms with Gasteiger partial charge in [-0.2, -0.15) is 11.8 Å². The van der Waals surface area contributed by atoms with Gasteiger partial charge in [-0.1, -0.05) is 26.0 Å². The van der Waals surface area contributed by atoms with Crippen LogP contribution < -0.4 is 21.7 Å². The Labute approximate surface area is 215 Å². The van der Waals surface area contributed by atoms with Crippen molar-refractivity contribution in [1.29, 1.82) is 0 Å². The van der Waals surface area contributed by atoms with Crippen molar-refractivity contribution in [2.24, 2.45) is 11.7 Å². The zero-order valence-corrected chi connectivity index (χ0v) is 21.9. The Hall–Kier alpha value is -2.83. The summed E-state index contributed by atoms with van der Waals surface area (Å²) >= 11 is 1.43. The second-order valence-electron chi connectivity index (χ2n) is 9.08. The third-order valence-corrected chi connectivity index (χ3v) is 6.00. The van der Waals surface area contributed by atoms with Gasteiger partial charge >= 0.3 is 5.97 Å². The molecule has 5 atom stereocenters. The minimum atomic E-state index is -1.39. The van der Waals surface area contributed by atoms with Crippen LogP contribution in [0, 0.1) is 5.92 Å². The first-order chi connectivity index (χ1) is 16.8. The molecule has 0 radical (unpaired) electrons. The first-order valence-electron chi connectivity index (χ1n) is 11.7. The Morgan fingerprint density at radius 1 is 0.944 bits per heavy atom. The lowest BCUT2D eigenvalue weighted by molar-refractivity contribution is -0.142. The summed E-state index contributed by atoms with van der Waals surface area (Å²) in [5.41, 5.74) is 6.47. The first-order valence-corrected chi connectivity index (χ1v) is 13.1. The molecule has 0 aromatic heterocycles. The van der Waals surface area contributed by atoms with Crippen LogP contribution in [-0.2, 0) is 25.6 Å². The Morgan fingerprint density at radius 3 is 2.03 bits per heavy atom. The standard InChI is InChI=1S/C24H38N4O7S/c1-13(2)11-17(25)21(31)28-20(14(3)29)23(33)27-19(12-15-5-7-16(30)8-6-15)22(32)26-18(24(34)35)9-10-36-4/h5-8,13-14,17-20,29-30H,9-12,25H2,1-4H3,(H,26,32)(H,27,33)(H,28,31)(H,34,35). The predicted molar refractivity (Wildman–Crippen MR) is 137 cm³/mol. The number of phenols is 1. The number of hydrogen-bond donors (Lipinski definition) is 7. The summed E-state index contributed by atoms with van der Waals surface area (Å²) in [6, 6.07) is 1.29. The molecule has 11 nitrogen and oxygen atoms in total. The van der Waals surface area contributed by atoms with Crippen molar-refractivity contribution in [3.8, 4) is 5.75 Å². The molecule has 0 bridgehead atoms. The summed E-state index contributed by atoms with van der Waals surface area (Å²) in [5, 5.41) is 36.6. The van der Waals surface area contributed by atoms with Crippen molar-refractivity contribution >= 4 is 35.5 Å². The van der Waals surface area contributed by atoms with Gasteiger partial charge in [0.25, 0.3) is 0 Å². The molecule has 36 heavy (non-hydrogen) atoms. The van der Waals surface area contributed by atoms with E-state index in [0.717, 1.165) is 0 Å². The number of carbonyl (C=O) groups excluding carboxylic acids is 3. The fourth-order valence-electron chi connectivity index (χ4n) is 3.38. The van der Waals surface area contributed by atoms with Crippen LogP contribution in [-0.4, -0.2) is 81.3 Å². The molecule has 0 aliphatic rings. The summed E-state index contributed by atoms with van der Waals surface area (Å²) in [4.78, 5) is 50.2. The molecule has 12 heteroatoms. The summed E-state index contributed by atoms with van der Waals surface area (Å²) < 4.78 is 0. The number of carboxylic acids is 1. The summed E-state index contributed by atoms with van der Waals surface area (Å²) in [7, 11) is 0. The number of nitrogens with one attached hydrogen (secondary N) is 3. The molecule has 8 N–H and O–H groups in total. The van der Waals surface area contributed by atoms with Gasteiger partial charge in [0.1, 0.15) is 23.9 Å². The van der Waals surface area contributed by atoms with Crippen molar-refractivity contribution in [2.45, 2.75) is 70.3 Å². The lowest BCUT2D eigenvalue weighted by Crippen LogP contribution is -2.60. The Morgan fingerprint density at radius 2 is 1.53 bits per heavy atom. The molecule has 0 saturated heterocycles. The maximum absolute atomic E-state index is 13.1. The average Bonchev–Trinajstić information content (AvgIpc) is 2.79. The highest BCUT2D eigenvalue weighted by atomic mass is 32.2. The Balaban J connectivity index is 3.10. The van der Waals surface area contributed by atoms with Crippen molar-refractivity contribution < 1.29 is 34.5 Å². The maximum Gasteiger partial charge on any atom is 0.326 e. The number of carbonyl (C=O) groups is 4. The molecular formula is C24H38N4O7S. The number of rotatable bonds is 15. The highest BCUT2D eigenvalue weighted by molar-refractivity contribution is 7.98. The highest BCUT2D eigenvalue weighted by Crippen LogP contribution is 2.12. The van der Waals surface area contributed by atoms with E-state index < -0.39 is 54.0 Å². The number of aromatic hydroxyl groups is 1. The number of nitrogens with two attached hydrogens (primary N) is 1. The summed E-state index contributed by atoms with van der Waals surface area (Å²) in [6.07, 6.45) is 1.04. The van der Waals surface area contributed by atoms with Gasteiger partial charge in [0.15, 0.2) is 0 Å². The average molecular weight is 527 g/mol. The van der Waals surface area contributed by atoms with Gasteiger partial charge in [-0.25, -0.2) is 4.79 Å². The molecule has 0 aliphatic carbocycles. The number of hydrogen-bond acceptors (Lipinski definition) is 8. The predicted octanol–water partition coefficient (Wildman–Crippen LogP) is -0.0190. The maximum atomic E-state index is 13.1. The second kappa shape index (κ2) is 15.3. The quantitative estimate of drug-likeness (QED) is 0.165. The molecule has 1 rings (SSSR count). The lowest BCUT2D eigenvalue weighted by Gasteiger charge is -2.26. The van der Waals surface area contributed by atoms with E-state index in [0.29, 0.717) is 17.7 Å². The monoisotopic (exact) mass is 526 g/mol. The van der Waals surface area contributed by atoms with Crippen molar-refractivity contribution in [3.63, 3.8) is 0 Å². The van der Waals surface area contributed by atoms with E-state index in [2.05, 4.69) is 16.0 Å². The second-order valence-corrected chi connectivity index (χ2v) is 10.1. The van der Waals surface area contributed by atoms with E-state index in [1.807, 2.05) is 20.1 Å². The lowest BCUT2D eigenvalue weighted by atomic mass is 10.0. The highest BCUT2D eigenvalue weighted by Gasteiger charge is 2.32. The van der Waals surface area contributed by atoms with Crippen LogP contribution in [0.5, 0.6) is 5.75 Å². The molecule has 0 heterocycles. The fraction of sp³-hybridized carbons (Fsp3) is 0.583. The zero-order valence-electron chi connectivity index (χ0n) is 21.1. The van der Waals surface area contributed by atoms with Gasteiger partial charge in [-0.15, -0.1) is 0 Å². The van der Waals surface area contributed by atoms with E-state index >= 15 is 0 Å². The third-order valence-electron chi connectivity index (χ3n) is 5.36. The van der Waals surface area contributed by atoms with E-state index in [4.69, 9.17) is 5.73 Å². The van der Waals surface area contributed by atoms with E-state index in [1.54, 1.807) is 12.1 Å². The fourth-order valence-corrected chi connectivity index (χ4v) is 3.86. The van der Waals surface area contributed by atoms with Crippen LogP contribution in [0.1, 0.15) is 39.2 Å². The van der Waals surface area contributed by atoms with Crippen LogP contribution in [0.15, 0.2) is 24.3 Å². The number of aliphatic hydroxyl groups excluding tert-OH is 1. The number of phenolic OH excluding ortho intramolecular Hbond substituents is 1.